The largest absolute Gasteiger partial charge is 0.351 e. The van der Waals surface area contributed by atoms with Crippen molar-refractivity contribution < 1.29 is 9.59 Å². The number of thiophene rings is 2. The van der Waals surface area contributed by atoms with E-state index in [-0.39, 0.29) is 23.9 Å². The van der Waals surface area contributed by atoms with E-state index in [2.05, 4.69) is 12.2 Å². The van der Waals surface area contributed by atoms with E-state index < -0.39 is 6.04 Å². The van der Waals surface area contributed by atoms with Crippen LogP contribution in [0.2, 0.25) is 0 Å². The number of amides is 2. The molecule has 4 nitrogen and oxygen atoms in total. The molecule has 27 heavy (non-hydrogen) atoms. The molecule has 2 atom stereocenters. The van der Waals surface area contributed by atoms with E-state index in [1.165, 1.54) is 12.8 Å². The van der Waals surface area contributed by atoms with Gasteiger partial charge in [0.2, 0.25) is 11.8 Å². The average molecular weight is 405 g/mol. The molecule has 1 saturated carbocycles. The van der Waals surface area contributed by atoms with Gasteiger partial charge in [-0.25, -0.2) is 0 Å². The highest BCUT2D eigenvalue weighted by atomic mass is 32.1. The van der Waals surface area contributed by atoms with Gasteiger partial charge < -0.3 is 10.2 Å². The Labute approximate surface area is 169 Å². The summed E-state index contributed by atoms with van der Waals surface area (Å²) in [6.45, 7) is 4.10. The lowest BCUT2D eigenvalue weighted by Crippen LogP contribution is -2.49. The predicted octanol–water partition coefficient (Wildman–Crippen LogP) is 4.78. The molecule has 146 valence electrons. The third-order valence-corrected chi connectivity index (χ3v) is 7.10. The number of rotatable bonds is 8. The molecule has 2 amide bonds. The fourth-order valence-corrected chi connectivity index (χ4v) is 5.20. The van der Waals surface area contributed by atoms with Gasteiger partial charge >= 0.3 is 0 Å². The molecular formula is C21H28N2O2S2. The van der Waals surface area contributed by atoms with Gasteiger partial charge in [-0.2, -0.15) is 0 Å². The first-order valence-electron chi connectivity index (χ1n) is 9.77. The highest BCUT2D eigenvalue weighted by Crippen LogP contribution is 2.30. The molecule has 2 unspecified atom stereocenters. The maximum atomic E-state index is 13.3. The SMILES string of the molecule is CCC(C)N(C(=O)Cc1cccs1)C(C(=O)NC1CCCC1)c1cccs1. The molecule has 6 heteroatoms. The smallest absolute Gasteiger partial charge is 0.248 e. The van der Waals surface area contributed by atoms with Gasteiger partial charge in [-0.1, -0.05) is 31.9 Å². The summed E-state index contributed by atoms with van der Waals surface area (Å²) in [5.74, 6) is -0.0176. The predicted molar refractivity (Wildman–Crippen MR) is 112 cm³/mol. The summed E-state index contributed by atoms with van der Waals surface area (Å²) in [6, 6.07) is 7.56. The van der Waals surface area contributed by atoms with E-state index in [9.17, 15) is 9.59 Å². The maximum absolute atomic E-state index is 13.3. The highest BCUT2D eigenvalue weighted by molar-refractivity contribution is 7.10. The second kappa shape index (κ2) is 9.51. The van der Waals surface area contributed by atoms with Gasteiger partial charge in [-0.05, 0) is 49.1 Å². The Morgan fingerprint density at radius 3 is 2.48 bits per heavy atom. The molecule has 0 spiro atoms. The normalized spacial score (nSPS) is 16.8. The summed E-state index contributed by atoms with van der Waals surface area (Å²) in [7, 11) is 0. The first-order chi connectivity index (χ1) is 13.1. The lowest BCUT2D eigenvalue weighted by molar-refractivity contribution is -0.143. The third kappa shape index (κ3) is 4.99. The summed E-state index contributed by atoms with van der Waals surface area (Å²) >= 11 is 3.13. The van der Waals surface area contributed by atoms with E-state index in [0.29, 0.717) is 6.42 Å². The van der Waals surface area contributed by atoms with E-state index in [4.69, 9.17) is 0 Å². The monoisotopic (exact) mass is 404 g/mol. The first-order valence-corrected chi connectivity index (χ1v) is 11.5. The number of carbonyl (C=O) groups is 2. The quantitative estimate of drug-likeness (QED) is 0.688. The van der Waals surface area contributed by atoms with E-state index >= 15 is 0 Å². The Balaban J connectivity index is 1.87. The third-order valence-electron chi connectivity index (χ3n) is 5.30. The van der Waals surface area contributed by atoms with Crippen molar-refractivity contribution in [2.45, 2.75) is 70.5 Å². The van der Waals surface area contributed by atoms with Gasteiger partial charge in [0.05, 0.1) is 6.42 Å². The van der Waals surface area contributed by atoms with Crippen molar-refractivity contribution in [2.75, 3.05) is 0 Å². The molecule has 0 radical (unpaired) electrons. The van der Waals surface area contributed by atoms with Gasteiger partial charge in [0, 0.05) is 21.8 Å². The zero-order chi connectivity index (χ0) is 19.2. The maximum Gasteiger partial charge on any atom is 0.248 e. The van der Waals surface area contributed by atoms with Crippen LogP contribution < -0.4 is 5.32 Å². The van der Waals surface area contributed by atoms with Crippen LogP contribution in [0.15, 0.2) is 35.0 Å². The Kier molecular flexibility index (Phi) is 7.07. The van der Waals surface area contributed by atoms with E-state index in [0.717, 1.165) is 29.0 Å². The summed E-state index contributed by atoms with van der Waals surface area (Å²) < 4.78 is 0. The molecule has 1 fully saturated rings. The second-order valence-corrected chi connectivity index (χ2v) is 9.23. The summed E-state index contributed by atoms with van der Waals surface area (Å²) in [5, 5.41) is 7.18. The van der Waals surface area contributed by atoms with Crippen molar-refractivity contribution in [3.8, 4) is 0 Å². The van der Waals surface area contributed by atoms with Gasteiger partial charge in [-0.15, -0.1) is 22.7 Å². The number of nitrogens with one attached hydrogen (secondary N) is 1. The van der Waals surface area contributed by atoms with Crippen molar-refractivity contribution in [1.29, 1.82) is 0 Å². The van der Waals surface area contributed by atoms with Gasteiger partial charge in [-0.3, -0.25) is 9.59 Å². The second-order valence-electron chi connectivity index (χ2n) is 7.22. The molecule has 1 aliphatic rings. The van der Waals surface area contributed by atoms with Crippen LogP contribution in [-0.2, 0) is 16.0 Å². The number of hydrogen-bond donors (Lipinski definition) is 1. The molecule has 0 bridgehead atoms. The summed E-state index contributed by atoms with van der Waals surface area (Å²) in [4.78, 5) is 30.3. The van der Waals surface area contributed by atoms with Crippen LogP contribution in [0.4, 0.5) is 0 Å². The topological polar surface area (TPSA) is 49.4 Å². The summed E-state index contributed by atoms with van der Waals surface area (Å²) in [6.07, 6.45) is 5.57. The van der Waals surface area contributed by atoms with Crippen molar-refractivity contribution in [1.82, 2.24) is 10.2 Å². The minimum absolute atomic E-state index is 0.00103. The molecule has 2 aromatic heterocycles. The van der Waals surface area contributed by atoms with Crippen molar-refractivity contribution in [3.63, 3.8) is 0 Å². The Bertz CT molecular complexity index is 721. The van der Waals surface area contributed by atoms with Gasteiger partial charge in [0.15, 0.2) is 0 Å². The van der Waals surface area contributed by atoms with Crippen LogP contribution >= 0.6 is 22.7 Å². The number of nitrogens with zero attached hydrogens (tertiary/aromatic N) is 1. The zero-order valence-corrected chi connectivity index (χ0v) is 17.7. The van der Waals surface area contributed by atoms with Crippen molar-refractivity contribution >= 4 is 34.5 Å². The molecule has 1 N–H and O–H groups in total. The van der Waals surface area contributed by atoms with E-state index in [1.54, 1.807) is 22.7 Å². The Morgan fingerprint density at radius 1 is 1.19 bits per heavy atom. The van der Waals surface area contributed by atoms with Crippen molar-refractivity contribution in [2.24, 2.45) is 0 Å². The number of carbonyl (C=O) groups excluding carboxylic acids is 2. The van der Waals surface area contributed by atoms with Gasteiger partial charge in [0.1, 0.15) is 6.04 Å². The Morgan fingerprint density at radius 2 is 1.89 bits per heavy atom. The Hall–Kier alpha value is -1.66. The van der Waals surface area contributed by atoms with Crippen LogP contribution in [0, 0.1) is 0 Å². The molecule has 0 aromatic carbocycles. The molecular weight excluding hydrogens is 376 g/mol. The standard InChI is InChI=1S/C21H28N2O2S2/c1-3-15(2)23(19(24)14-17-10-6-12-26-17)20(18-11-7-13-27-18)21(25)22-16-8-4-5-9-16/h6-7,10-13,15-16,20H,3-5,8-9,14H2,1-2H3,(H,22,25). The molecule has 2 heterocycles. The van der Waals surface area contributed by atoms with Gasteiger partial charge in [0.25, 0.3) is 0 Å². The lowest BCUT2D eigenvalue weighted by Gasteiger charge is -2.35. The molecule has 0 aliphatic heterocycles. The summed E-state index contributed by atoms with van der Waals surface area (Å²) in [5.41, 5.74) is 0. The van der Waals surface area contributed by atoms with Crippen molar-refractivity contribution in [3.05, 3.63) is 44.8 Å². The fourth-order valence-electron chi connectivity index (χ4n) is 3.68. The van der Waals surface area contributed by atoms with Crippen LogP contribution in [-0.4, -0.2) is 28.8 Å². The average Bonchev–Trinajstić information content (AvgIpc) is 3.41. The van der Waals surface area contributed by atoms with Crippen LogP contribution in [0.1, 0.15) is 61.7 Å². The zero-order valence-electron chi connectivity index (χ0n) is 16.0. The highest BCUT2D eigenvalue weighted by Gasteiger charge is 2.36. The van der Waals surface area contributed by atoms with Crippen LogP contribution in [0.5, 0.6) is 0 Å². The molecule has 3 rings (SSSR count). The number of hydrogen-bond acceptors (Lipinski definition) is 4. The molecule has 0 saturated heterocycles. The minimum Gasteiger partial charge on any atom is -0.351 e. The first kappa shape index (κ1) is 20.1. The van der Waals surface area contributed by atoms with Crippen LogP contribution in [0.25, 0.3) is 0 Å². The van der Waals surface area contributed by atoms with E-state index in [1.807, 2.05) is 46.8 Å². The fraction of sp³-hybridized carbons (Fsp3) is 0.524. The van der Waals surface area contributed by atoms with Crippen LogP contribution in [0.3, 0.4) is 0 Å². The minimum atomic E-state index is -0.548. The molecule has 2 aromatic rings. The molecule has 1 aliphatic carbocycles. The lowest BCUT2D eigenvalue weighted by atomic mass is 10.1.